The highest BCUT2D eigenvalue weighted by molar-refractivity contribution is 7.92. The average Bonchev–Trinajstić information content (AvgIpc) is 3.40. The lowest BCUT2D eigenvalue weighted by molar-refractivity contribution is -0.134. The standard InChI is InChI=1S/C26H26ClFN2O5S2/c1-26(2,32)22(31)8-7-16-5-4-6-17(11-16)14-30-20-12-18(28)13-21(35-3)25(20)19(29-30)15-37(33,34)24-10-9-23(27)36-24/h4-6,9-13,32H,7-8,14-15H2,1-3H3. The van der Waals surface area contributed by atoms with Crippen LogP contribution in [0.25, 0.3) is 10.9 Å². The smallest absolute Gasteiger partial charge is 0.193 e. The number of methoxy groups -OCH3 is 1. The van der Waals surface area contributed by atoms with Gasteiger partial charge < -0.3 is 9.84 Å². The number of Topliss-reactive ketones (excluding diaryl/α,β-unsaturated/α-hetero) is 1. The van der Waals surface area contributed by atoms with Crippen molar-refractivity contribution in [3.05, 3.63) is 75.5 Å². The Labute approximate surface area is 223 Å². The summed E-state index contributed by atoms with van der Waals surface area (Å²) in [5.41, 5.74) is 0.977. The van der Waals surface area contributed by atoms with Gasteiger partial charge in [-0.05, 0) is 43.5 Å². The van der Waals surface area contributed by atoms with Gasteiger partial charge in [0.2, 0.25) is 0 Å². The molecule has 0 unspecified atom stereocenters. The van der Waals surface area contributed by atoms with Crippen LogP contribution in [0.15, 0.2) is 52.7 Å². The van der Waals surface area contributed by atoms with Gasteiger partial charge in [0, 0.05) is 18.6 Å². The molecule has 2 aromatic carbocycles. The fourth-order valence-electron chi connectivity index (χ4n) is 4.03. The summed E-state index contributed by atoms with van der Waals surface area (Å²) in [5, 5.41) is 14.9. The minimum atomic E-state index is -3.76. The Kier molecular flexibility index (Phi) is 7.75. The summed E-state index contributed by atoms with van der Waals surface area (Å²) >= 11 is 6.90. The third-order valence-electron chi connectivity index (χ3n) is 5.90. The maximum Gasteiger partial charge on any atom is 0.193 e. The third kappa shape index (κ3) is 6.20. The molecular formula is C26H26ClFN2O5S2. The number of thiophene rings is 1. The fourth-order valence-corrected chi connectivity index (χ4v) is 6.88. The van der Waals surface area contributed by atoms with E-state index in [-0.39, 0.29) is 34.4 Å². The summed E-state index contributed by atoms with van der Waals surface area (Å²) in [7, 11) is -2.37. The number of sulfone groups is 1. The highest BCUT2D eigenvalue weighted by Gasteiger charge is 2.25. The van der Waals surface area contributed by atoms with Crippen LogP contribution in [-0.4, -0.2) is 41.8 Å². The quantitative estimate of drug-likeness (QED) is 0.284. The highest BCUT2D eigenvalue weighted by atomic mass is 35.5. The molecule has 0 radical (unpaired) electrons. The lowest BCUT2D eigenvalue weighted by Gasteiger charge is -2.15. The first kappa shape index (κ1) is 27.3. The predicted molar refractivity (Wildman–Crippen MR) is 142 cm³/mol. The number of nitrogens with zero attached hydrogens (tertiary/aromatic N) is 2. The summed E-state index contributed by atoms with van der Waals surface area (Å²) in [6, 6.07) is 13.0. The molecule has 0 aliphatic rings. The summed E-state index contributed by atoms with van der Waals surface area (Å²) in [4.78, 5) is 12.1. The summed E-state index contributed by atoms with van der Waals surface area (Å²) < 4.78 is 48.0. The van der Waals surface area contributed by atoms with E-state index in [1.54, 1.807) is 4.68 Å². The molecule has 0 bridgehead atoms. The van der Waals surface area contributed by atoms with Crippen molar-refractivity contribution in [2.75, 3.05) is 7.11 Å². The van der Waals surface area contributed by atoms with Crippen molar-refractivity contribution in [2.24, 2.45) is 0 Å². The molecule has 0 fully saturated rings. The summed E-state index contributed by atoms with van der Waals surface area (Å²) in [5.74, 6) is -1.01. The minimum Gasteiger partial charge on any atom is -0.496 e. The molecule has 0 amide bonds. The zero-order valence-corrected chi connectivity index (χ0v) is 22.9. The maximum absolute atomic E-state index is 14.4. The Morgan fingerprint density at radius 1 is 1.19 bits per heavy atom. The van der Waals surface area contributed by atoms with Crippen LogP contribution in [0.3, 0.4) is 0 Å². The zero-order valence-electron chi connectivity index (χ0n) is 20.5. The molecule has 0 aliphatic heterocycles. The van der Waals surface area contributed by atoms with Gasteiger partial charge >= 0.3 is 0 Å². The van der Waals surface area contributed by atoms with Crippen molar-refractivity contribution >= 4 is 49.5 Å². The molecule has 0 aliphatic carbocycles. The number of hydrogen-bond donors (Lipinski definition) is 1. The van der Waals surface area contributed by atoms with Crippen molar-refractivity contribution in [3.63, 3.8) is 0 Å². The fraction of sp³-hybridized carbons (Fsp3) is 0.308. The van der Waals surface area contributed by atoms with E-state index in [1.807, 2.05) is 24.3 Å². The van der Waals surface area contributed by atoms with E-state index in [1.165, 1.54) is 45.2 Å². The van der Waals surface area contributed by atoms with Crippen molar-refractivity contribution in [3.8, 4) is 5.75 Å². The molecule has 0 saturated heterocycles. The third-order valence-corrected chi connectivity index (χ3v) is 9.34. The first-order valence-corrected chi connectivity index (χ1v) is 14.3. The van der Waals surface area contributed by atoms with Gasteiger partial charge in [-0.3, -0.25) is 9.48 Å². The molecule has 196 valence electrons. The van der Waals surface area contributed by atoms with Crippen LogP contribution in [-0.2, 0) is 33.4 Å². The summed E-state index contributed by atoms with van der Waals surface area (Å²) in [6.45, 7) is 3.17. The van der Waals surface area contributed by atoms with Crippen molar-refractivity contribution < 1.29 is 27.4 Å². The number of carbonyl (C=O) groups is 1. The SMILES string of the molecule is COc1cc(F)cc2c1c(CS(=O)(=O)c1ccc(Cl)s1)nn2Cc1cccc(CCC(=O)C(C)(C)O)c1. The molecule has 37 heavy (non-hydrogen) atoms. The Bertz CT molecular complexity index is 1570. The van der Waals surface area contributed by atoms with Crippen LogP contribution in [0.2, 0.25) is 4.34 Å². The normalized spacial score (nSPS) is 12.3. The molecule has 2 heterocycles. The first-order chi connectivity index (χ1) is 17.4. The monoisotopic (exact) mass is 564 g/mol. The Hall–Kier alpha value is -2.79. The van der Waals surface area contributed by atoms with Gasteiger partial charge in [0.15, 0.2) is 15.6 Å². The highest BCUT2D eigenvalue weighted by Crippen LogP contribution is 2.34. The topological polar surface area (TPSA) is 98.5 Å². The Morgan fingerprint density at radius 2 is 1.92 bits per heavy atom. The van der Waals surface area contributed by atoms with Crippen molar-refractivity contribution in [1.29, 1.82) is 0 Å². The second kappa shape index (κ2) is 10.5. The second-order valence-corrected chi connectivity index (χ2v) is 13.2. The first-order valence-electron chi connectivity index (χ1n) is 11.4. The number of ketones is 1. The van der Waals surface area contributed by atoms with Crippen LogP contribution in [0.5, 0.6) is 5.75 Å². The average molecular weight is 565 g/mol. The predicted octanol–water partition coefficient (Wildman–Crippen LogP) is 5.19. The molecule has 0 spiro atoms. The van der Waals surface area contributed by atoms with Gasteiger partial charge in [0.05, 0.1) is 34.6 Å². The van der Waals surface area contributed by atoms with E-state index in [4.69, 9.17) is 16.3 Å². The van der Waals surface area contributed by atoms with E-state index in [9.17, 15) is 22.7 Å². The molecule has 7 nitrogen and oxygen atoms in total. The number of carbonyl (C=O) groups excluding carboxylic acids is 1. The van der Waals surface area contributed by atoms with Gasteiger partial charge in [-0.25, -0.2) is 12.8 Å². The molecular weight excluding hydrogens is 539 g/mol. The van der Waals surface area contributed by atoms with Crippen LogP contribution >= 0.6 is 22.9 Å². The Morgan fingerprint density at radius 3 is 2.57 bits per heavy atom. The van der Waals surface area contributed by atoms with Crippen LogP contribution < -0.4 is 4.74 Å². The molecule has 11 heteroatoms. The number of ether oxygens (including phenoxy) is 1. The number of aryl methyl sites for hydroxylation is 1. The van der Waals surface area contributed by atoms with E-state index < -0.39 is 27.0 Å². The van der Waals surface area contributed by atoms with Gasteiger partial charge in [0.25, 0.3) is 0 Å². The molecule has 4 rings (SSSR count). The molecule has 0 atom stereocenters. The van der Waals surface area contributed by atoms with Gasteiger partial charge in [0.1, 0.15) is 27.1 Å². The molecule has 2 aromatic heterocycles. The number of benzene rings is 2. The molecule has 1 N–H and O–H groups in total. The van der Waals surface area contributed by atoms with Gasteiger partial charge in [-0.15, -0.1) is 11.3 Å². The second-order valence-electron chi connectivity index (χ2n) is 9.23. The number of aromatic nitrogens is 2. The Balaban J connectivity index is 1.69. The number of hydrogen-bond acceptors (Lipinski definition) is 7. The van der Waals surface area contributed by atoms with Crippen LogP contribution in [0.1, 0.15) is 37.1 Å². The van der Waals surface area contributed by atoms with E-state index in [2.05, 4.69) is 5.10 Å². The molecule has 0 saturated carbocycles. The van der Waals surface area contributed by atoms with Gasteiger partial charge in [-0.2, -0.15) is 5.10 Å². The summed E-state index contributed by atoms with van der Waals surface area (Å²) in [6.07, 6.45) is 0.640. The van der Waals surface area contributed by atoms with Crippen LogP contribution in [0, 0.1) is 5.82 Å². The lowest BCUT2D eigenvalue weighted by Crippen LogP contribution is -2.31. The van der Waals surface area contributed by atoms with Gasteiger partial charge in [-0.1, -0.05) is 35.9 Å². The molecule has 4 aromatic rings. The van der Waals surface area contributed by atoms with Crippen molar-refractivity contribution in [1.82, 2.24) is 9.78 Å². The maximum atomic E-state index is 14.4. The van der Waals surface area contributed by atoms with Crippen molar-refractivity contribution in [2.45, 2.75) is 48.8 Å². The zero-order chi connectivity index (χ0) is 27.0. The van der Waals surface area contributed by atoms with E-state index in [0.29, 0.717) is 21.7 Å². The van der Waals surface area contributed by atoms with E-state index >= 15 is 0 Å². The lowest BCUT2D eigenvalue weighted by atomic mass is 9.97. The van der Waals surface area contributed by atoms with E-state index in [0.717, 1.165) is 22.5 Å². The number of aliphatic hydroxyl groups is 1. The largest absolute Gasteiger partial charge is 0.496 e. The number of fused-ring (bicyclic) bond motifs is 1. The van der Waals surface area contributed by atoms with Crippen LogP contribution in [0.4, 0.5) is 4.39 Å². The minimum absolute atomic E-state index is 0.120. The number of rotatable bonds is 10. The number of halogens is 2.